The molecule has 2 heterocycles. The highest BCUT2D eigenvalue weighted by molar-refractivity contribution is 7.92. The zero-order valence-electron chi connectivity index (χ0n) is 15.4. The molecule has 0 atom stereocenters. The fourth-order valence-corrected chi connectivity index (χ4v) is 5.21. The Balaban J connectivity index is 1.56. The number of likely N-dealkylation sites (tertiary alicyclic amines) is 1. The van der Waals surface area contributed by atoms with E-state index in [1.165, 1.54) is 12.1 Å². The van der Waals surface area contributed by atoms with Crippen LogP contribution in [0.5, 0.6) is 0 Å². The van der Waals surface area contributed by atoms with Crippen molar-refractivity contribution >= 4 is 15.7 Å². The van der Waals surface area contributed by atoms with Gasteiger partial charge in [0.15, 0.2) is 9.84 Å². The number of halogens is 1. The summed E-state index contributed by atoms with van der Waals surface area (Å²) >= 11 is 0. The Kier molecular flexibility index (Phi) is 5.64. The van der Waals surface area contributed by atoms with Crippen molar-refractivity contribution in [3.05, 3.63) is 47.1 Å². The first-order valence-electron chi connectivity index (χ1n) is 8.98. The van der Waals surface area contributed by atoms with Gasteiger partial charge in [-0.2, -0.15) is 0 Å². The molecule has 0 radical (unpaired) electrons. The third kappa shape index (κ3) is 4.21. The standard InChI is InChI=1S/C19H23FN2O4S/c1-13-18(14(2)26-21-13)7-8-19(23)22-11-9-17(10-12-22)27(24,25)16-5-3-15(20)4-6-16/h3-6,17H,7-12H2,1-2H3. The van der Waals surface area contributed by atoms with Gasteiger partial charge in [-0.25, -0.2) is 12.8 Å². The molecule has 146 valence electrons. The molecule has 0 spiro atoms. The quantitative estimate of drug-likeness (QED) is 0.729. The molecule has 1 saturated heterocycles. The Hall–Kier alpha value is -2.22. The molecule has 0 saturated carbocycles. The van der Waals surface area contributed by atoms with E-state index in [1.807, 2.05) is 13.8 Å². The summed E-state index contributed by atoms with van der Waals surface area (Å²) in [7, 11) is -3.51. The summed E-state index contributed by atoms with van der Waals surface area (Å²) in [5.41, 5.74) is 1.75. The van der Waals surface area contributed by atoms with Crippen LogP contribution < -0.4 is 0 Å². The summed E-state index contributed by atoms with van der Waals surface area (Å²) in [6.07, 6.45) is 1.68. The van der Waals surface area contributed by atoms with E-state index in [1.54, 1.807) is 4.90 Å². The van der Waals surface area contributed by atoms with Crippen LogP contribution >= 0.6 is 0 Å². The summed E-state index contributed by atoms with van der Waals surface area (Å²) < 4.78 is 43.5. The van der Waals surface area contributed by atoms with Gasteiger partial charge in [0, 0.05) is 25.1 Å². The van der Waals surface area contributed by atoms with E-state index in [0.29, 0.717) is 38.8 Å². The lowest BCUT2D eigenvalue weighted by atomic mass is 10.1. The Morgan fingerprint density at radius 2 is 1.85 bits per heavy atom. The number of carbonyl (C=O) groups is 1. The Morgan fingerprint density at radius 1 is 1.22 bits per heavy atom. The van der Waals surface area contributed by atoms with Crippen molar-refractivity contribution in [2.24, 2.45) is 0 Å². The summed E-state index contributed by atoms with van der Waals surface area (Å²) in [6, 6.07) is 4.90. The molecule has 1 aromatic heterocycles. The Labute approximate surface area is 158 Å². The smallest absolute Gasteiger partial charge is 0.222 e. The van der Waals surface area contributed by atoms with Crippen LogP contribution in [-0.2, 0) is 21.1 Å². The molecule has 1 aromatic carbocycles. The van der Waals surface area contributed by atoms with Crippen molar-refractivity contribution in [2.45, 2.75) is 49.7 Å². The maximum Gasteiger partial charge on any atom is 0.222 e. The average molecular weight is 394 g/mol. The van der Waals surface area contributed by atoms with E-state index < -0.39 is 20.9 Å². The van der Waals surface area contributed by atoms with Crippen molar-refractivity contribution in [1.29, 1.82) is 0 Å². The molecule has 0 N–H and O–H groups in total. The number of nitrogens with zero attached hydrogens (tertiary/aromatic N) is 2. The van der Waals surface area contributed by atoms with Crippen molar-refractivity contribution in [3.63, 3.8) is 0 Å². The highest BCUT2D eigenvalue weighted by Gasteiger charge is 2.32. The number of aryl methyl sites for hydroxylation is 2. The van der Waals surface area contributed by atoms with E-state index in [9.17, 15) is 17.6 Å². The van der Waals surface area contributed by atoms with E-state index in [0.717, 1.165) is 29.2 Å². The molecule has 0 aliphatic carbocycles. The number of hydrogen-bond donors (Lipinski definition) is 0. The first kappa shape index (κ1) is 19.5. The van der Waals surface area contributed by atoms with Crippen LogP contribution in [0.1, 0.15) is 36.3 Å². The van der Waals surface area contributed by atoms with E-state index in [-0.39, 0.29) is 10.8 Å². The molecule has 1 fully saturated rings. The zero-order valence-corrected chi connectivity index (χ0v) is 16.3. The first-order valence-corrected chi connectivity index (χ1v) is 10.5. The number of aromatic nitrogens is 1. The SMILES string of the molecule is Cc1noc(C)c1CCC(=O)N1CCC(S(=O)(=O)c2ccc(F)cc2)CC1. The molecule has 3 rings (SSSR count). The number of amides is 1. The van der Waals surface area contributed by atoms with Gasteiger partial charge in [-0.1, -0.05) is 5.16 Å². The van der Waals surface area contributed by atoms with Crippen LogP contribution in [0.25, 0.3) is 0 Å². The Bertz CT molecular complexity index is 894. The lowest BCUT2D eigenvalue weighted by Gasteiger charge is -2.31. The lowest BCUT2D eigenvalue weighted by molar-refractivity contribution is -0.132. The van der Waals surface area contributed by atoms with Crippen molar-refractivity contribution < 1.29 is 22.1 Å². The molecule has 1 amide bonds. The highest BCUT2D eigenvalue weighted by Crippen LogP contribution is 2.25. The minimum absolute atomic E-state index is 0.00706. The van der Waals surface area contributed by atoms with Gasteiger partial charge in [-0.15, -0.1) is 0 Å². The number of benzene rings is 1. The van der Waals surface area contributed by atoms with Crippen LogP contribution in [0, 0.1) is 19.7 Å². The van der Waals surface area contributed by atoms with Gasteiger partial charge in [-0.3, -0.25) is 4.79 Å². The second-order valence-corrected chi connectivity index (χ2v) is 9.11. The van der Waals surface area contributed by atoms with Gasteiger partial charge in [0.05, 0.1) is 15.8 Å². The zero-order chi connectivity index (χ0) is 19.6. The Morgan fingerprint density at radius 3 is 2.41 bits per heavy atom. The lowest BCUT2D eigenvalue weighted by Crippen LogP contribution is -2.42. The molecule has 0 unspecified atom stereocenters. The summed E-state index contributed by atoms with van der Waals surface area (Å²) in [5.74, 6) is 0.268. The maximum atomic E-state index is 13.0. The van der Waals surface area contributed by atoms with E-state index in [2.05, 4.69) is 5.16 Å². The molecule has 27 heavy (non-hydrogen) atoms. The summed E-state index contributed by atoms with van der Waals surface area (Å²) in [5, 5.41) is 3.34. The molecule has 6 nitrogen and oxygen atoms in total. The highest BCUT2D eigenvalue weighted by atomic mass is 32.2. The van der Waals surface area contributed by atoms with Crippen LogP contribution in [0.15, 0.2) is 33.7 Å². The van der Waals surface area contributed by atoms with Gasteiger partial charge in [0.1, 0.15) is 11.6 Å². The van der Waals surface area contributed by atoms with Gasteiger partial charge < -0.3 is 9.42 Å². The topological polar surface area (TPSA) is 80.5 Å². The van der Waals surface area contributed by atoms with Gasteiger partial charge in [0.25, 0.3) is 0 Å². The second-order valence-electron chi connectivity index (χ2n) is 6.88. The van der Waals surface area contributed by atoms with Crippen molar-refractivity contribution in [3.8, 4) is 0 Å². The van der Waals surface area contributed by atoms with E-state index >= 15 is 0 Å². The number of carbonyl (C=O) groups excluding carboxylic acids is 1. The molecular weight excluding hydrogens is 371 g/mol. The first-order chi connectivity index (χ1) is 12.8. The predicted octanol–water partition coefficient (Wildman–Crippen LogP) is 2.83. The normalized spacial score (nSPS) is 15.9. The minimum atomic E-state index is -3.51. The maximum absolute atomic E-state index is 13.0. The number of sulfone groups is 1. The molecule has 1 aliphatic rings. The van der Waals surface area contributed by atoms with Crippen LogP contribution in [0.2, 0.25) is 0 Å². The van der Waals surface area contributed by atoms with Crippen molar-refractivity contribution in [1.82, 2.24) is 10.1 Å². The fraction of sp³-hybridized carbons (Fsp3) is 0.474. The number of hydrogen-bond acceptors (Lipinski definition) is 5. The fourth-order valence-electron chi connectivity index (χ4n) is 3.48. The summed E-state index contributed by atoms with van der Waals surface area (Å²) in [4.78, 5) is 14.3. The van der Waals surface area contributed by atoms with Gasteiger partial charge in [0.2, 0.25) is 5.91 Å². The minimum Gasteiger partial charge on any atom is -0.361 e. The third-order valence-electron chi connectivity index (χ3n) is 5.15. The van der Waals surface area contributed by atoms with Crippen LogP contribution in [0.4, 0.5) is 4.39 Å². The molecular formula is C19H23FN2O4S. The van der Waals surface area contributed by atoms with Crippen molar-refractivity contribution in [2.75, 3.05) is 13.1 Å². The monoisotopic (exact) mass is 394 g/mol. The third-order valence-corrected chi connectivity index (χ3v) is 7.42. The molecule has 0 bridgehead atoms. The van der Waals surface area contributed by atoms with Crippen LogP contribution in [-0.4, -0.2) is 42.7 Å². The van der Waals surface area contributed by atoms with Crippen LogP contribution in [0.3, 0.4) is 0 Å². The molecule has 1 aliphatic heterocycles. The second kappa shape index (κ2) is 7.80. The molecule has 8 heteroatoms. The summed E-state index contributed by atoms with van der Waals surface area (Å²) in [6.45, 7) is 4.49. The number of piperidine rings is 1. The van der Waals surface area contributed by atoms with Gasteiger partial charge >= 0.3 is 0 Å². The average Bonchev–Trinajstić information content (AvgIpc) is 2.98. The number of rotatable bonds is 5. The largest absolute Gasteiger partial charge is 0.361 e. The van der Waals surface area contributed by atoms with Gasteiger partial charge in [-0.05, 0) is 57.4 Å². The molecule has 2 aromatic rings. The van der Waals surface area contributed by atoms with E-state index in [4.69, 9.17) is 4.52 Å². The predicted molar refractivity (Wildman–Crippen MR) is 97.5 cm³/mol.